The van der Waals surface area contributed by atoms with Crippen molar-refractivity contribution < 1.29 is 0 Å². The highest BCUT2D eigenvalue weighted by molar-refractivity contribution is 7.01. The zero-order valence-corrected chi connectivity index (χ0v) is 39.1. The Kier molecular flexibility index (Phi) is 9.07. The second kappa shape index (κ2) is 15.7. The maximum atomic E-state index is 2.53. The van der Waals surface area contributed by atoms with E-state index in [4.69, 9.17) is 0 Å². The number of fused-ring (bicyclic) bond motifs is 9. The summed E-state index contributed by atoms with van der Waals surface area (Å²) in [4.78, 5) is 2.48. The molecule has 0 fully saturated rings. The minimum atomic E-state index is -0.143. The molecular formula is C67H47BN2. The molecule has 328 valence electrons. The standard InChI is InChI=1S/C67H47BN2/c1-67(2)56-34-17-19-36-59(56)70(60-37-20-18-35-57(60)67)49-39-40-51-55-42-47(38-41-58(55)69(61(51)43-49)48-28-13-6-14-29-48)68-65-50(44-22-7-3-8-23-44)32-21-33-54(65)64-62(45-24-9-4-10-25-45)52-30-15-16-31-53(52)63(66(64)68)46-26-11-5-12-27-46/h3-43H,1-2H3. The van der Waals surface area contributed by atoms with Gasteiger partial charge >= 0.3 is 0 Å². The third-order valence-electron chi connectivity index (χ3n) is 15.4. The summed E-state index contributed by atoms with van der Waals surface area (Å²) < 4.78 is 2.48. The van der Waals surface area contributed by atoms with Gasteiger partial charge in [0.1, 0.15) is 0 Å². The molecule has 0 amide bonds. The fourth-order valence-corrected chi connectivity index (χ4v) is 12.4. The van der Waals surface area contributed by atoms with Gasteiger partial charge in [0.2, 0.25) is 6.71 Å². The summed E-state index contributed by atoms with van der Waals surface area (Å²) in [7, 11) is 0. The molecule has 0 unspecified atom stereocenters. The van der Waals surface area contributed by atoms with Crippen LogP contribution in [0.5, 0.6) is 0 Å². The van der Waals surface area contributed by atoms with Crippen LogP contribution in [0.4, 0.5) is 17.1 Å². The first-order valence-corrected chi connectivity index (χ1v) is 24.6. The third-order valence-corrected chi connectivity index (χ3v) is 15.4. The molecule has 0 bridgehead atoms. The van der Waals surface area contributed by atoms with Gasteiger partial charge in [0.05, 0.1) is 22.4 Å². The van der Waals surface area contributed by atoms with E-state index in [2.05, 4.69) is 272 Å². The predicted octanol–water partition coefficient (Wildman–Crippen LogP) is 15.5. The molecule has 0 saturated heterocycles. The summed E-state index contributed by atoms with van der Waals surface area (Å²) in [5, 5.41) is 5.00. The molecule has 12 aromatic rings. The Bertz CT molecular complexity index is 3970. The second-order valence-corrected chi connectivity index (χ2v) is 19.5. The molecular weight excluding hydrogens is 844 g/mol. The normalized spacial score (nSPS) is 13.3. The average Bonchev–Trinajstić information content (AvgIpc) is 3.93. The Hall–Kier alpha value is -8.66. The maximum Gasteiger partial charge on any atom is 0.244 e. The molecule has 3 heteroatoms. The molecule has 2 nitrogen and oxygen atoms in total. The van der Waals surface area contributed by atoms with E-state index in [1.165, 1.54) is 116 Å². The lowest BCUT2D eigenvalue weighted by atomic mass is 9.37. The highest BCUT2D eigenvalue weighted by atomic mass is 15.2. The molecule has 3 heterocycles. The Morgan fingerprint density at radius 3 is 1.54 bits per heavy atom. The number of rotatable bonds is 6. The van der Waals surface area contributed by atoms with Gasteiger partial charge in [0.15, 0.2) is 0 Å². The summed E-state index contributed by atoms with van der Waals surface area (Å²) in [6, 6.07) is 92.6. The van der Waals surface area contributed by atoms with Crippen molar-refractivity contribution in [2.45, 2.75) is 19.3 Å². The number of aromatic nitrogens is 1. The fraction of sp³-hybridized carbons (Fsp3) is 0.0448. The van der Waals surface area contributed by atoms with Crippen LogP contribution in [0.3, 0.4) is 0 Å². The number of benzene rings is 11. The number of anilines is 3. The predicted molar refractivity (Wildman–Crippen MR) is 298 cm³/mol. The molecule has 0 saturated carbocycles. The third kappa shape index (κ3) is 5.94. The van der Waals surface area contributed by atoms with E-state index >= 15 is 0 Å². The second-order valence-electron chi connectivity index (χ2n) is 19.5. The fourth-order valence-electron chi connectivity index (χ4n) is 12.4. The SMILES string of the molecule is CC1(C)c2ccccc2N(c2ccc3c4cc(B5c6c(-c7ccccc7)cccc6-c6c5c(-c5ccccc5)c5ccccc5c6-c5ccccc5)ccc4n(-c4ccccc4)c3c2)c2ccccc21. The summed E-state index contributed by atoms with van der Waals surface area (Å²) in [6.45, 7) is 4.63. The largest absolute Gasteiger partial charge is 0.310 e. The zero-order chi connectivity index (χ0) is 46.5. The van der Waals surface area contributed by atoms with Crippen molar-refractivity contribution in [1.29, 1.82) is 0 Å². The molecule has 0 spiro atoms. The van der Waals surface area contributed by atoms with Crippen molar-refractivity contribution in [3.05, 3.63) is 260 Å². The Morgan fingerprint density at radius 2 is 0.886 bits per heavy atom. The summed E-state index contributed by atoms with van der Waals surface area (Å²) in [5.74, 6) is 0. The number of nitrogens with zero attached hydrogens (tertiary/aromatic N) is 2. The number of para-hydroxylation sites is 3. The Labute approximate surface area is 409 Å². The van der Waals surface area contributed by atoms with E-state index in [1.54, 1.807) is 0 Å². The van der Waals surface area contributed by atoms with E-state index < -0.39 is 0 Å². The van der Waals surface area contributed by atoms with Gasteiger partial charge in [-0.2, -0.15) is 0 Å². The first kappa shape index (κ1) is 40.4. The van der Waals surface area contributed by atoms with Crippen LogP contribution in [-0.4, -0.2) is 11.3 Å². The highest BCUT2D eigenvalue weighted by Gasteiger charge is 2.41. The van der Waals surface area contributed by atoms with Gasteiger partial charge in [-0.15, -0.1) is 0 Å². The van der Waals surface area contributed by atoms with Crippen molar-refractivity contribution >= 4 is 72.7 Å². The van der Waals surface area contributed by atoms with Crippen molar-refractivity contribution in [3.63, 3.8) is 0 Å². The van der Waals surface area contributed by atoms with E-state index in [-0.39, 0.29) is 12.1 Å². The molecule has 1 aromatic heterocycles. The first-order valence-electron chi connectivity index (χ1n) is 24.6. The quantitative estimate of drug-likeness (QED) is 0.151. The lowest BCUT2D eigenvalue weighted by Crippen LogP contribution is -2.50. The Morgan fingerprint density at radius 1 is 0.343 bits per heavy atom. The molecule has 14 rings (SSSR count). The van der Waals surface area contributed by atoms with Crippen LogP contribution in [0, 0.1) is 0 Å². The van der Waals surface area contributed by atoms with Gasteiger partial charge < -0.3 is 9.47 Å². The van der Waals surface area contributed by atoms with Crippen LogP contribution in [0.2, 0.25) is 0 Å². The van der Waals surface area contributed by atoms with Crippen molar-refractivity contribution in [1.82, 2.24) is 4.57 Å². The van der Waals surface area contributed by atoms with Crippen LogP contribution in [-0.2, 0) is 5.41 Å². The molecule has 11 aromatic carbocycles. The highest BCUT2D eigenvalue weighted by Crippen LogP contribution is 2.52. The molecule has 2 aliphatic rings. The average molecular weight is 891 g/mol. The lowest BCUT2D eigenvalue weighted by Gasteiger charge is -2.42. The summed E-state index contributed by atoms with van der Waals surface area (Å²) in [5.41, 5.74) is 23.7. The molecule has 0 radical (unpaired) electrons. The van der Waals surface area contributed by atoms with Crippen LogP contribution in [0.15, 0.2) is 249 Å². The molecule has 2 aliphatic heterocycles. The van der Waals surface area contributed by atoms with Crippen LogP contribution >= 0.6 is 0 Å². The van der Waals surface area contributed by atoms with Crippen molar-refractivity contribution in [3.8, 4) is 50.2 Å². The lowest BCUT2D eigenvalue weighted by molar-refractivity contribution is 0.632. The van der Waals surface area contributed by atoms with Gasteiger partial charge in [-0.1, -0.05) is 236 Å². The van der Waals surface area contributed by atoms with Gasteiger partial charge in [0, 0.05) is 27.6 Å². The number of hydrogen-bond acceptors (Lipinski definition) is 1. The van der Waals surface area contributed by atoms with E-state index in [1.807, 2.05) is 0 Å². The monoisotopic (exact) mass is 890 g/mol. The Balaban J connectivity index is 1.07. The molecule has 0 aliphatic carbocycles. The van der Waals surface area contributed by atoms with Crippen LogP contribution < -0.4 is 21.3 Å². The molecule has 70 heavy (non-hydrogen) atoms. The van der Waals surface area contributed by atoms with Crippen LogP contribution in [0.25, 0.3) is 82.8 Å². The minimum Gasteiger partial charge on any atom is -0.310 e. The summed E-state index contributed by atoms with van der Waals surface area (Å²) in [6.07, 6.45) is 0. The van der Waals surface area contributed by atoms with E-state index in [0.29, 0.717) is 0 Å². The maximum absolute atomic E-state index is 2.53. The van der Waals surface area contributed by atoms with Gasteiger partial charge in [0.25, 0.3) is 0 Å². The molecule has 0 atom stereocenters. The van der Waals surface area contributed by atoms with Crippen molar-refractivity contribution in [2.75, 3.05) is 4.90 Å². The zero-order valence-electron chi connectivity index (χ0n) is 39.1. The van der Waals surface area contributed by atoms with Crippen LogP contribution in [0.1, 0.15) is 25.0 Å². The van der Waals surface area contributed by atoms with Crippen molar-refractivity contribution in [2.24, 2.45) is 0 Å². The topological polar surface area (TPSA) is 8.17 Å². The van der Waals surface area contributed by atoms with E-state index in [9.17, 15) is 0 Å². The summed E-state index contributed by atoms with van der Waals surface area (Å²) >= 11 is 0. The minimum absolute atomic E-state index is 0.0767. The van der Waals surface area contributed by atoms with Gasteiger partial charge in [-0.05, 0) is 109 Å². The molecule has 0 N–H and O–H groups in total. The smallest absolute Gasteiger partial charge is 0.244 e. The number of hydrogen-bond donors (Lipinski definition) is 0. The van der Waals surface area contributed by atoms with E-state index in [0.717, 1.165) is 11.4 Å². The van der Waals surface area contributed by atoms with Gasteiger partial charge in [-0.3, -0.25) is 0 Å². The van der Waals surface area contributed by atoms with Gasteiger partial charge in [-0.25, -0.2) is 0 Å². The first-order chi connectivity index (χ1) is 34.5.